The lowest BCUT2D eigenvalue weighted by atomic mass is 9.92. The Morgan fingerprint density at radius 3 is 1.72 bits per heavy atom. The third-order valence-electron chi connectivity index (χ3n) is 4.46. The van der Waals surface area contributed by atoms with E-state index in [9.17, 15) is 13.2 Å². The van der Waals surface area contributed by atoms with Gasteiger partial charge in [0, 0.05) is 15.7 Å². The molecule has 2 aromatic rings. The SMILES string of the molecule is O=C1C(Cl)=C(Cl)C(Nc2ccc(Cl)cc2)(NS(=O)(=O)c2ccc(Cl)cc2)C(Cl)(Cl)C1(Cl)Cl. The summed E-state index contributed by atoms with van der Waals surface area (Å²) in [5.41, 5.74) is -2.17. The van der Waals surface area contributed by atoms with Crippen molar-refractivity contribution in [3.8, 4) is 0 Å². The summed E-state index contributed by atoms with van der Waals surface area (Å²) < 4.78 is 23.6. The highest BCUT2D eigenvalue weighted by Gasteiger charge is 2.71. The number of halogens is 8. The predicted octanol–water partition coefficient (Wildman–Crippen LogP) is 6.70. The van der Waals surface area contributed by atoms with Crippen molar-refractivity contribution in [2.75, 3.05) is 5.32 Å². The zero-order valence-corrected chi connectivity index (χ0v) is 22.1. The molecule has 5 nitrogen and oxygen atoms in total. The summed E-state index contributed by atoms with van der Waals surface area (Å²) in [7, 11) is -4.43. The van der Waals surface area contributed by atoms with Crippen molar-refractivity contribution in [2.45, 2.75) is 19.2 Å². The van der Waals surface area contributed by atoms with E-state index in [2.05, 4.69) is 10.0 Å². The van der Waals surface area contributed by atoms with E-state index < -0.39 is 40.2 Å². The third kappa shape index (κ3) is 4.44. The summed E-state index contributed by atoms with van der Waals surface area (Å²) in [6.07, 6.45) is 0. The molecule has 1 aliphatic rings. The van der Waals surface area contributed by atoms with Crippen LogP contribution in [0.25, 0.3) is 0 Å². The van der Waals surface area contributed by atoms with Crippen LogP contribution in [-0.4, -0.2) is 28.5 Å². The van der Waals surface area contributed by atoms with Crippen LogP contribution in [0.5, 0.6) is 0 Å². The maximum Gasteiger partial charge on any atom is 0.242 e. The Hall–Kier alpha value is -0.120. The number of carbonyl (C=O) groups is 1. The Labute approximate surface area is 223 Å². The molecule has 0 radical (unpaired) electrons. The molecule has 1 atom stereocenters. The van der Waals surface area contributed by atoms with Gasteiger partial charge in [-0.2, -0.15) is 4.72 Å². The molecule has 0 amide bonds. The van der Waals surface area contributed by atoms with Crippen LogP contribution in [0.4, 0.5) is 5.69 Å². The van der Waals surface area contributed by atoms with Crippen LogP contribution in [0.3, 0.4) is 0 Å². The molecule has 3 rings (SSSR count). The fourth-order valence-electron chi connectivity index (χ4n) is 2.81. The summed E-state index contributed by atoms with van der Waals surface area (Å²) in [5.74, 6) is -1.11. The standard InChI is InChI=1S/C18H10Cl8N2O3S/c19-9-1-5-11(6-2-9)27-17(28-32(30,31)12-7-3-10(20)4-8-12)14(22)13(21)15(29)16(23,24)18(17,25)26/h1-8,27-28H. The number of rotatable bonds is 5. The largest absolute Gasteiger partial charge is 0.359 e. The highest BCUT2D eigenvalue weighted by atomic mass is 35.5. The van der Waals surface area contributed by atoms with Gasteiger partial charge in [0.15, 0.2) is 5.66 Å². The van der Waals surface area contributed by atoms with Gasteiger partial charge in [-0.1, -0.05) is 92.8 Å². The van der Waals surface area contributed by atoms with E-state index in [-0.39, 0.29) is 10.6 Å². The second-order valence-corrected chi connectivity index (χ2v) is 12.5. The quantitative estimate of drug-likeness (QED) is 0.289. The minimum atomic E-state index is -4.43. The Bertz CT molecular complexity index is 1200. The molecule has 1 aliphatic carbocycles. The van der Waals surface area contributed by atoms with Gasteiger partial charge in [0.2, 0.25) is 24.5 Å². The average Bonchev–Trinajstić information content (AvgIpc) is 2.72. The molecule has 1 unspecified atom stereocenters. The van der Waals surface area contributed by atoms with Crippen molar-refractivity contribution in [2.24, 2.45) is 0 Å². The maximum atomic E-state index is 13.3. The number of nitrogens with one attached hydrogen (secondary N) is 2. The molecule has 0 saturated heterocycles. The first kappa shape index (κ1) is 26.5. The number of hydrogen-bond acceptors (Lipinski definition) is 4. The predicted molar refractivity (Wildman–Crippen MR) is 132 cm³/mol. The summed E-state index contributed by atoms with van der Waals surface area (Å²) in [6.45, 7) is 0. The second kappa shape index (κ2) is 9.15. The lowest BCUT2D eigenvalue weighted by molar-refractivity contribution is -0.116. The number of sulfonamides is 1. The van der Waals surface area contributed by atoms with Crippen molar-refractivity contribution >= 4 is 114 Å². The monoisotopic (exact) mass is 614 g/mol. The smallest absolute Gasteiger partial charge is 0.242 e. The van der Waals surface area contributed by atoms with E-state index in [4.69, 9.17) is 92.8 Å². The maximum absolute atomic E-state index is 13.3. The molecule has 0 aromatic heterocycles. The van der Waals surface area contributed by atoms with Crippen LogP contribution in [0, 0.1) is 0 Å². The minimum Gasteiger partial charge on any atom is -0.359 e. The van der Waals surface area contributed by atoms with Crippen molar-refractivity contribution in [3.63, 3.8) is 0 Å². The first-order chi connectivity index (χ1) is 14.7. The zero-order chi connectivity index (χ0) is 24.1. The van der Waals surface area contributed by atoms with Crippen LogP contribution < -0.4 is 10.0 Å². The van der Waals surface area contributed by atoms with E-state index in [0.29, 0.717) is 10.0 Å². The Morgan fingerprint density at radius 2 is 1.22 bits per heavy atom. The molecular weight excluding hydrogens is 608 g/mol. The van der Waals surface area contributed by atoms with Gasteiger partial charge in [-0.25, -0.2) is 8.42 Å². The second-order valence-electron chi connectivity index (χ2n) is 6.55. The number of carbonyl (C=O) groups excluding carboxylic acids is 1. The highest BCUT2D eigenvalue weighted by Crippen LogP contribution is 2.58. The molecule has 14 heteroatoms. The zero-order valence-electron chi connectivity index (χ0n) is 15.3. The lowest BCUT2D eigenvalue weighted by Crippen LogP contribution is -2.73. The number of benzene rings is 2. The summed E-state index contributed by atoms with van der Waals surface area (Å²) in [4.78, 5) is 12.4. The lowest BCUT2D eigenvalue weighted by Gasteiger charge is -2.50. The molecule has 0 aliphatic heterocycles. The van der Waals surface area contributed by atoms with E-state index in [1.54, 1.807) is 0 Å². The summed E-state index contributed by atoms with van der Waals surface area (Å²) >= 11 is 49.7. The van der Waals surface area contributed by atoms with Crippen LogP contribution >= 0.6 is 92.8 Å². The Morgan fingerprint density at radius 1 is 0.750 bits per heavy atom. The number of allylic oxidation sites excluding steroid dienone is 1. The van der Waals surface area contributed by atoms with E-state index in [1.165, 1.54) is 48.5 Å². The van der Waals surface area contributed by atoms with Gasteiger partial charge in [-0.05, 0) is 48.5 Å². The molecule has 0 bridgehead atoms. The number of hydrogen-bond donors (Lipinski definition) is 2. The molecule has 0 fully saturated rings. The van der Waals surface area contributed by atoms with Crippen LogP contribution in [0.15, 0.2) is 63.5 Å². The number of ketones is 1. The molecule has 0 saturated carbocycles. The highest BCUT2D eigenvalue weighted by molar-refractivity contribution is 7.89. The van der Waals surface area contributed by atoms with Gasteiger partial charge < -0.3 is 5.32 Å². The fraction of sp³-hybridized carbons (Fsp3) is 0.167. The normalized spacial score (nSPS) is 22.7. The van der Waals surface area contributed by atoms with Gasteiger partial charge in [-0.15, -0.1) is 0 Å². The topological polar surface area (TPSA) is 75.3 Å². The third-order valence-corrected chi connectivity index (χ3v) is 9.79. The van der Waals surface area contributed by atoms with Crippen molar-refractivity contribution < 1.29 is 13.2 Å². The van der Waals surface area contributed by atoms with Crippen molar-refractivity contribution in [3.05, 3.63) is 68.6 Å². The Balaban J connectivity index is 2.27. The molecule has 2 aromatic carbocycles. The molecule has 32 heavy (non-hydrogen) atoms. The molecule has 172 valence electrons. The van der Waals surface area contributed by atoms with Crippen LogP contribution in [0.2, 0.25) is 10.0 Å². The number of anilines is 1. The van der Waals surface area contributed by atoms with Gasteiger partial charge in [0.25, 0.3) is 0 Å². The fourth-order valence-corrected chi connectivity index (χ4v) is 6.37. The van der Waals surface area contributed by atoms with Gasteiger partial charge in [0.1, 0.15) is 5.03 Å². The minimum absolute atomic E-state index is 0.226. The molecule has 2 N–H and O–H groups in total. The molecular formula is C18H10Cl8N2O3S. The van der Waals surface area contributed by atoms with Gasteiger partial charge in [-0.3, -0.25) is 4.79 Å². The summed E-state index contributed by atoms with van der Waals surface area (Å²) in [6, 6.07) is 11.1. The summed E-state index contributed by atoms with van der Waals surface area (Å²) in [5, 5.41) is 2.20. The molecule has 0 heterocycles. The van der Waals surface area contributed by atoms with Crippen LogP contribution in [-0.2, 0) is 14.8 Å². The number of Topliss-reactive ketones (excluding diaryl/α,β-unsaturated/α-hetero) is 1. The number of alkyl halides is 4. The average molecular weight is 618 g/mol. The van der Waals surface area contributed by atoms with Gasteiger partial charge >= 0.3 is 0 Å². The first-order valence-corrected chi connectivity index (χ1v) is 12.9. The van der Waals surface area contributed by atoms with E-state index >= 15 is 0 Å². The Kier molecular flexibility index (Phi) is 7.58. The van der Waals surface area contributed by atoms with Gasteiger partial charge in [0.05, 0.1) is 9.93 Å². The van der Waals surface area contributed by atoms with Crippen molar-refractivity contribution in [1.29, 1.82) is 0 Å². The molecule has 0 spiro atoms. The van der Waals surface area contributed by atoms with Crippen molar-refractivity contribution in [1.82, 2.24) is 4.72 Å². The first-order valence-electron chi connectivity index (χ1n) is 8.35. The van der Waals surface area contributed by atoms with E-state index in [1.807, 2.05) is 0 Å². The van der Waals surface area contributed by atoms with Crippen LogP contribution in [0.1, 0.15) is 0 Å². The van der Waals surface area contributed by atoms with E-state index in [0.717, 1.165) is 0 Å².